The van der Waals surface area contributed by atoms with Gasteiger partial charge in [0.2, 0.25) is 5.91 Å². The van der Waals surface area contributed by atoms with E-state index in [-0.39, 0.29) is 30.9 Å². The second-order valence-corrected chi connectivity index (χ2v) is 9.00. The minimum Gasteiger partial charge on any atom is -0.495 e. The number of benzene rings is 3. The van der Waals surface area contributed by atoms with Crippen LogP contribution in [0.1, 0.15) is 35.6 Å². The molecule has 9 nitrogen and oxygen atoms in total. The molecular weight excluding hydrogens is 486 g/mol. The van der Waals surface area contributed by atoms with Gasteiger partial charge in [0.1, 0.15) is 5.75 Å². The molecular formula is C29H31N3O6. The molecule has 1 unspecified atom stereocenters. The van der Waals surface area contributed by atoms with Gasteiger partial charge in [0.25, 0.3) is 0 Å². The van der Waals surface area contributed by atoms with Crippen LogP contribution >= 0.6 is 0 Å². The van der Waals surface area contributed by atoms with E-state index in [0.29, 0.717) is 30.1 Å². The van der Waals surface area contributed by atoms with Crippen LogP contribution < -0.4 is 20.3 Å². The Morgan fingerprint density at radius 1 is 1.00 bits per heavy atom. The number of rotatable bonds is 10. The van der Waals surface area contributed by atoms with Crippen LogP contribution in [0, 0.1) is 0 Å². The number of fused-ring (bicyclic) bond motifs is 1. The number of aliphatic carboxylic acids is 1. The lowest BCUT2D eigenvalue weighted by Gasteiger charge is -2.19. The summed E-state index contributed by atoms with van der Waals surface area (Å²) in [4.78, 5) is 38.2. The van der Waals surface area contributed by atoms with E-state index in [1.807, 2.05) is 36.4 Å². The monoisotopic (exact) mass is 517 g/mol. The van der Waals surface area contributed by atoms with E-state index in [9.17, 15) is 14.4 Å². The van der Waals surface area contributed by atoms with Gasteiger partial charge in [-0.2, -0.15) is 0 Å². The first kappa shape index (κ1) is 26.7. The first-order valence-electron chi connectivity index (χ1n) is 12.4. The lowest BCUT2D eigenvalue weighted by atomic mass is 10.0. The molecule has 3 aromatic carbocycles. The second kappa shape index (κ2) is 12.2. The Kier molecular flexibility index (Phi) is 8.60. The number of hydrogen-bond acceptors (Lipinski definition) is 5. The summed E-state index contributed by atoms with van der Waals surface area (Å²) in [5.74, 6) is -0.618. The van der Waals surface area contributed by atoms with Crippen molar-refractivity contribution in [2.24, 2.45) is 0 Å². The summed E-state index contributed by atoms with van der Waals surface area (Å²) in [7, 11) is 3.06. The number of urea groups is 1. The fraction of sp³-hybridized carbons (Fsp3) is 0.276. The summed E-state index contributed by atoms with van der Waals surface area (Å²) < 4.78 is 10.9. The van der Waals surface area contributed by atoms with E-state index in [0.717, 1.165) is 28.8 Å². The quantitative estimate of drug-likeness (QED) is 0.348. The van der Waals surface area contributed by atoms with Gasteiger partial charge < -0.3 is 25.2 Å². The predicted molar refractivity (Wildman–Crippen MR) is 145 cm³/mol. The number of amides is 3. The lowest BCUT2D eigenvalue weighted by molar-refractivity contribution is -0.137. The fourth-order valence-corrected chi connectivity index (χ4v) is 4.53. The maximum atomic E-state index is 12.9. The van der Waals surface area contributed by atoms with Gasteiger partial charge in [-0.05, 0) is 59.9 Å². The molecule has 0 radical (unpaired) electrons. The van der Waals surface area contributed by atoms with Crippen LogP contribution in [0.2, 0.25) is 0 Å². The topological polar surface area (TPSA) is 117 Å². The maximum absolute atomic E-state index is 12.9. The van der Waals surface area contributed by atoms with Gasteiger partial charge in [0.15, 0.2) is 0 Å². The van der Waals surface area contributed by atoms with Crippen LogP contribution in [-0.2, 0) is 27.2 Å². The van der Waals surface area contributed by atoms with E-state index < -0.39 is 5.97 Å². The van der Waals surface area contributed by atoms with Crippen molar-refractivity contribution in [1.82, 2.24) is 0 Å². The number of hydrogen-bond donors (Lipinski definition) is 3. The Morgan fingerprint density at radius 2 is 1.76 bits per heavy atom. The number of anilines is 3. The zero-order chi connectivity index (χ0) is 27.1. The highest BCUT2D eigenvalue weighted by Crippen LogP contribution is 2.31. The third-order valence-electron chi connectivity index (χ3n) is 6.48. The second-order valence-electron chi connectivity index (χ2n) is 9.00. The number of carbonyl (C=O) groups excluding carboxylic acids is 2. The van der Waals surface area contributed by atoms with Gasteiger partial charge in [-0.15, -0.1) is 0 Å². The van der Waals surface area contributed by atoms with Gasteiger partial charge in [-0.1, -0.05) is 36.4 Å². The molecule has 0 fully saturated rings. The van der Waals surface area contributed by atoms with Crippen molar-refractivity contribution < 1.29 is 29.0 Å². The van der Waals surface area contributed by atoms with Gasteiger partial charge in [-0.3, -0.25) is 14.5 Å². The van der Waals surface area contributed by atoms with Crippen LogP contribution in [-0.4, -0.2) is 43.8 Å². The molecule has 0 saturated heterocycles. The van der Waals surface area contributed by atoms with Crippen LogP contribution in [0.4, 0.5) is 21.9 Å². The minimum atomic E-state index is -0.875. The molecule has 1 atom stereocenters. The molecule has 1 heterocycles. The van der Waals surface area contributed by atoms with Crippen molar-refractivity contribution in [3.63, 3.8) is 0 Å². The molecule has 4 rings (SSSR count). The third-order valence-corrected chi connectivity index (χ3v) is 6.48. The van der Waals surface area contributed by atoms with E-state index in [4.69, 9.17) is 14.6 Å². The number of nitrogens with zero attached hydrogens (tertiary/aromatic N) is 1. The molecule has 0 aliphatic carbocycles. The number of ether oxygens (including phenoxy) is 2. The van der Waals surface area contributed by atoms with Crippen molar-refractivity contribution in [2.45, 2.75) is 31.8 Å². The maximum Gasteiger partial charge on any atom is 0.326 e. The van der Waals surface area contributed by atoms with Crippen molar-refractivity contribution in [3.05, 3.63) is 83.4 Å². The van der Waals surface area contributed by atoms with Crippen LogP contribution in [0.3, 0.4) is 0 Å². The van der Waals surface area contributed by atoms with Crippen LogP contribution in [0.25, 0.3) is 0 Å². The molecule has 9 heteroatoms. The summed E-state index contributed by atoms with van der Waals surface area (Å²) in [5.41, 5.74) is 4.76. The molecule has 3 N–H and O–H groups in total. The molecule has 3 aromatic rings. The average molecular weight is 518 g/mol. The van der Waals surface area contributed by atoms with Crippen molar-refractivity contribution in [3.8, 4) is 5.75 Å². The molecule has 0 spiro atoms. The molecule has 1 aliphatic heterocycles. The fourth-order valence-electron chi connectivity index (χ4n) is 4.53. The summed E-state index contributed by atoms with van der Waals surface area (Å²) in [6, 6.07) is 20.0. The van der Waals surface area contributed by atoms with Gasteiger partial charge in [0, 0.05) is 31.5 Å². The zero-order valence-corrected chi connectivity index (χ0v) is 21.4. The summed E-state index contributed by atoms with van der Waals surface area (Å²) in [6.07, 6.45) is 0.971. The van der Waals surface area contributed by atoms with Gasteiger partial charge >= 0.3 is 12.0 Å². The van der Waals surface area contributed by atoms with Crippen molar-refractivity contribution in [1.29, 1.82) is 0 Å². The number of methoxy groups -OCH3 is 2. The molecule has 1 aliphatic rings. The Hall–Kier alpha value is -4.37. The Morgan fingerprint density at radius 3 is 2.47 bits per heavy atom. The molecule has 198 valence electrons. The SMILES string of the molecule is COc1cc(CC(=O)Nc2ccc(C(CCC(=O)O)OC)cc2)ccc1NC(=O)N1CCc2ccccc21. The van der Waals surface area contributed by atoms with Crippen LogP contribution in [0.15, 0.2) is 66.7 Å². The number of para-hydroxylation sites is 1. The molecule has 3 amide bonds. The first-order chi connectivity index (χ1) is 18.4. The van der Waals surface area contributed by atoms with Gasteiger partial charge in [0.05, 0.1) is 25.3 Å². The molecule has 0 aromatic heterocycles. The Bertz CT molecular complexity index is 1310. The number of carbonyl (C=O) groups is 3. The van der Waals surface area contributed by atoms with Crippen molar-refractivity contribution in [2.75, 3.05) is 36.3 Å². The highest BCUT2D eigenvalue weighted by atomic mass is 16.5. The van der Waals surface area contributed by atoms with Gasteiger partial charge in [-0.25, -0.2) is 4.79 Å². The third kappa shape index (κ3) is 6.49. The van der Waals surface area contributed by atoms with Crippen molar-refractivity contribution >= 4 is 35.0 Å². The first-order valence-corrected chi connectivity index (χ1v) is 12.4. The normalized spacial score (nSPS) is 12.9. The predicted octanol–water partition coefficient (Wildman–Crippen LogP) is 5.02. The van der Waals surface area contributed by atoms with E-state index in [2.05, 4.69) is 10.6 Å². The minimum absolute atomic E-state index is 0.00907. The highest BCUT2D eigenvalue weighted by molar-refractivity contribution is 6.04. The lowest BCUT2D eigenvalue weighted by Crippen LogP contribution is -2.33. The Labute approximate surface area is 221 Å². The largest absolute Gasteiger partial charge is 0.495 e. The van der Waals surface area contributed by atoms with Crippen LogP contribution in [0.5, 0.6) is 5.75 Å². The molecule has 0 saturated carbocycles. The summed E-state index contributed by atoms with van der Waals surface area (Å²) in [5, 5.41) is 14.7. The number of carboxylic acid groups (broad SMARTS) is 1. The number of nitrogens with one attached hydrogen (secondary N) is 2. The highest BCUT2D eigenvalue weighted by Gasteiger charge is 2.25. The van der Waals surface area contributed by atoms with E-state index in [1.54, 1.807) is 42.3 Å². The smallest absolute Gasteiger partial charge is 0.326 e. The Balaban J connectivity index is 1.35. The molecule has 0 bridgehead atoms. The van der Waals surface area contributed by atoms with E-state index in [1.165, 1.54) is 7.11 Å². The van der Waals surface area contributed by atoms with E-state index >= 15 is 0 Å². The number of carboxylic acids is 1. The zero-order valence-electron chi connectivity index (χ0n) is 21.4. The average Bonchev–Trinajstić information content (AvgIpc) is 3.35. The summed E-state index contributed by atoms with van der Waals surface area (Å²) >= 11 is 0. The molecule has 38 heavy (non-hydrogen) atoms. The summed E-state index contributed by atoms with van der Waals surface area (Å²) in [6.45, 7) is 0.612. The standard InChI is InChI=1S/C29H31N3O6/c1-37-25(13-14-28(34)35)21-8-10-22(11-9-21)30-27(33)18-19-7-12-23(26(17-19)38-2)31-29(36)32-16-15-20-5-3-4-6-24(20)32/h3-12,17,25H,13-16,18H2,1-2H3,(H,30,33)(H,31,36)(H,34,35).